The second-order valence-corrected chi connectivity index (χ2v) is 3.79. The molecule has 2 rings (SSSR count). The molecule has 1 aromatic carbocycles. The van der Waals surface area contributed by atoms with Crippen LogP contribution in [0.3, 0.4) is 0 Å². The Kier molecular flexibility index (Phi) is 1.84. The minimum absolute atomic E-state index is 0.455. The lowest BCUT2D eigenvalue weighted by atomic mass is 10.3. The van der Waals surface area contributed by atoms with Crippen molar-refractivity contribution in [3.63, 3.8) is 0 Å². The van der Waals surface area contributed by atoms with Crippen LogP contribution >= 0.6 is 15.9 Å². The van der Waals surface area contributed by atoms with E-state index < -0.39 is 4.57 Å². The van der Waals surface area contributed by atoms with Gasteiger partial charge in [-0.05, 0) is 28.1 Å². The van der Waals surface area contributed by atoms with E-state index in [1.54, 1.807) is 0 Å². The molecule has 12 heavy (non-hydrogen) atoms. The molecular formula is C8H7BrN2O. The minimum atomic E-state index is -0.456. The van der Waals surface area contributed by atoms with Crippen LogP contribution in [0.15, 0.2) is 40.6 Å². The van der Waals surface area contributed by atoms with Crippen LogP contribution in [0.1, 0.15) is 0 Å². The predicted octanol–water partition coefficient (Wildman–Crippen LogP) is 2.58. The second-order valence-electron chi connectivity index (χ2n) is 2.52. The van der Waals surface area contributed by atoms with Gasteiger partial charge in [-0.1, -0.05) is 18.2 Å². The van der Waals surface area contributed by atoms with Crippen LogP contribution < -0.4 is 4.74 Å². The molecule has 1 aromatic rings. The molecule has 0 saturated heterocycles. The molecule has 0 saturated carbocycles. The first-order chi connectivity index (χ1) is 5.79. The highest BCUT2D eigenvalue weighted by Gasteiger charge is 2.37. The maximum Gasteiger partial charge on any atom is 0.277 e. The molecule has 3 nitrogen and oxygen atoms in total. The number of halogens is 1. The molecule has 0 aliphatic carbocycles. The van der Waals surface area contributed by atoms with Gasteiger partial charge in [0.25, 0.3) is 4.57 Å². The van der Waals surface area contributed by atoms with Crippen molar-refractivity contribution in [2.24, 2.45) is 10.2 Å². The largest absolute Gasteiger partial charge is 0.488 e. The van der Waals surface area contributed by atoms with Crippen LogP contribution in [0.5, 0.6) is 5.75 Å². The van der Waals surface area contributed by atoms with E-state index in [1.807, 2.05) is 30.3 Å². The van der Waals surface area contributed by atoms with Gasteiger partial charge in [-0.25, -0.2) is 0 Å². The van der Waals surface area contributed by atoms with Crippen molar-refractivity contribution in [1.29, 1.82) is 0 Å². The van der Waals surface area contributed by atoms with Crippen molar-refractivity contribution in [3.05, 3.63) is 30.3 Å². The number of ether oxygens (including phenoxy) is 1. The van der Waals surface area contributed by atoms with Crippen LogP contribution in [0, 0.1) is 0 Å². The van der Waals surface area contributed by atoms with Gasteiger partial charge in [0.05, 0.1) is 0 Å². The van der Waals surface area contributed by atoms with Crippen molar-refractivity contribution in [3.8, 4) is 5.75 Å². The molecular weight excluding hydrogens is 220 g/mol. The summed E-state index contributed by atoms with van der Waals surface area (Å²) in [7, 11) is 0. The number of hydrogen-bond acceptors (Lipinski definition) is 3. The third-order valence-corrected chi connectivity index (χ3v) is 2.03. The molecule has 4 heteroatoms. The Morgan fingerprint density at radius 2 is 1.92 bits per heavy atom. The van der Waals surface area contributed by atoms with E-state index in [0.29, 0.717) is 6.61 Å². The zero-order valence-corrected chi connectivity index (χ0v) is 7.86. The lowest BCUT2D eigenvalue weighted by molar-refractivity contribution is 0.308. The predicted molar refractivity (Wildman–Crippen MR) is 48.5 cm³/mol. The second kappa shape index (κ2) is 2.86. The van der Waals surface area contributed by atoms with Crippen molar-refractivity contribution in [2.75, 3.05) is 6.61 Å². The molecule has 0 spiro atoms. The average Bonchev–Trinajstić information content (AvgIpc) is 2.84. The van der Waals surface area contributed by atoms with Crippen LogP contribution in [0.4, 0.5) is 0 Å². The van der Waals surface area contributed by atoms with Gasteiger partial charge in [-0.2, -0.15) is 0 Å². The Labute approximate surface area is 78.6 Å². The number of benzene rings is 1. The quantitative estimate of drug-likeness (QED) is 0.577. The summed E-state index contributed by atoms with van der Waals surface area (Å²) in [5.74, 6) is 0.841. The van der Waals surface area contributed by atoms with E-state index in [2.05, 4.69) is 26.2 Å². The first kappa shape index (κ1) is 7.73. The number of rotatable bonds is 3. The van der Waals surface area contributed by atoms with Crippen LogP contribution in [-0.2, 0) is 0 Å². The highest BCUT2D eigenvalue weighted by atomic mass is 79.9. The number of hydrogen-bond donors (Lipinski definition) is 0. The third-order valence-electron chi connectivity index (χ3n) is 1.48. The Morgan fingerprint density at radius 1 is 1.25 bits per heavy atom. The van der Waals surface area contributed by atoms with E-state index in [9.17, 15) is 0 Å². The molecule has 0 aromatic heterocycles. The van der Waals surface area contributed by atoms with Crippen LogP contribution in [0.2, 0.25) is 0 Å². The Morgan fingerprint density at radius 3 is 2.50 bits per heavy atom. The highest BCUT2D eigenvalue weighted by Crippen LogP contribution is 2.35. The fourth-order valence-corrected chi connectivity index (χ4v) is 0.998. The van der Waals surface area contributed by atoms with Gasteiger partial charge in [-0.15, -0.1) is 10.2 Å². The summed E-state index contributed by atoms with van der Waals surface area (Å²) in [5, 5.41) is 7.53. The lowest BCUT2D eigenvalue weighted by Gasteiger charge is -2.05. The highest BCUT2D eigenvalue weighted by molar-refractivity contribution is 9.10. The molecule has 1 aliphatic rings. The maximum atomic E-state index is 5.40. The number of nitrogens with zero attached hydrogens (tertiary/aromatic N) is 2. The molecule has 1 aliphatic heterocycles. The lowest BCUT2D eigenvalue weighted by Crippen LogP contribution is -2.12. The fraction of sp³-hybridized carbons (Fsp3) is 0.250. The molecule has 1 heterocycles. The number of para-hydroxylation sites is 1. The van der Waals surface area contributed by atoms with Gasteiger partial charge in [0.2, 0.25) is 0 Å². The molecule has 0 radical (unpaired) electrons. The van der Waals surface area contributed by atoms with E-state index in [-0.39, 0.29) is 0 Å². The maximum absolute atomic E-state index is 5.40. The molecule has 0 unspecified atom stereocenters. The van der Waals surface area contributed by atoms with Crippen molar-refractivity contribution in [1.82, 2.24) is 0 Å². The van der Waals surface area contributed by atoms with E-state index in [4.69, 9.17) is 4.74 Å². The van der Waals surface area contributed by atoms with Crippen molar-refractivity contribution < 1.29 is 4.74 Å². The molecule has 0 N–H and O–H groups in total. The van der Waals surface area contributed by atoms with Gasteiger partial charge < -0.3 is 4.74 Å². The molecule has 0 bridgehead atoms. The summed E-state index contributed by atoms with van der Waals surface area (Å²) < 4.78 is 4.94. The monoisotopic (exact) mass is 226 g/mol. The van der Waals surface area contributed by atoms with Gasteiger partial charge in [0.1, 0.15) is 12.4 Å². The standard InChI is InChI=1S/C8H7BrN2O/c9-8(10-11-8)6-12-7-4-2-1-3-5-7/h1-5H,6H2. The van der Waals surface area contributed by atoms with Crippen LogP contribution in [-0.4, -0.2) is 11.2 Å². The normalized spacial score (nSPS) is 17.4. The fourth-order valence-electron chi connectivity index (χ4n) is 0.804. The molecule has 0 fully saturated rings. The van der Waals surface area contributed by atoms with E-state index in [1.165, 1.54) is 0 Å². The molecule has 0 amide bonds. The van der Waals surface area contributed by atoms with Gasteiger partial charge >= 0.3 is 0 Å². The summed E-state index contributed by atoms with van der Waals surface area (Å²) in [5.41, 5.74) is 0. The first-order valence-electron chi connectivity index (χ1n) is 3.59. The van der Waals surface area contributed by atoms with Gasteiger partial charge in [0, 0.05) is 0 Å². The third kappa shape index (κ3) is 1.82. The summed E-state index contributed by atoms with van der Waals surface area (Å²) in [6, 6.07) is 9.61. The Hall–Kier alpha value is -0.900. The van der Waals surface area contributed by atoms with Gasteiger partial charge in [-0.3, -0.25) is 0 Å². The van der Waals surface area contributed by atoms with Crippen molar-refractivity contribution in [2.45, 2.75) is 4.57 Å². The summed E-state index contributed by atoms with van der Waals surface area (Å²) >= 11 is 3.29. The summed E-state index contributed by atoms with van der Waals surface area (Å²) in [6.07, 6.45) is 0. The van der Waals surface area contributed by atoms with E-state index in [0.717, 1.165) is 5.75 Å². The molecule has 0 atom stereocenters. The summed E-state index contributed by atoms with van der Waals surface area (Å²) in [6.45, 7) is 0.455. The minimum Gasteiger partial charge on any atom is -0.488 e. The smallest absolute Gasteiger partial charge is 0.277 e. The SMILES string of the molecule is BrC1(COc2ccccc2)N=N1. The van der Waals surface area contributed by atoms with Crippen molar-refractivity contribution >= 4 is 15.9 Å². The topological polar surface area (TPSA) is 34.0 Å². The Bertz CT molecular complexity index is 293. The molecule has 62 valence electrons. The first-order valence-corrected chi connectivity index (χ1v) is 4.39. The Balaban J connectivity index is 1.88. The van der Waals surface area contributed by atoms with Gasteiger partial charge in [0.15, 0.2) is 0 Å². The summed E-state index contributed by atoms with van der Waals surface area (Å²) in [4.78, 5) is 0. The number of alkyl halides is 1. The zero-order chi connectivity index (χ0) is 8.44. The van der Waals surface area contributed by atoms with E-state index >= 15 is 0 Å². The average molecular weight is 227 g/mol. The zero-order valence-electron chi connectivity index (χ0n) is 6.27. The van der Waals surface area contributed by atoms with Crippen LogP contribution in [0.25, 0.3) is 0 Å².